The Labute approximate surface area is 113 Å². The monoisotopic (exact) mass is 264 g/mol. The van der Waals surface area contributed by atoms with Crippen molar-refractivity contribution in [2.24, 2.45) is 5.73 Å². The topological polar surface area (TPSA) is 72.6 Å². The van der Waals surface area contributed by atoms with Gasteiger partial charge in [-0.25, -0.2) is 0 Å². The molecule has 1 amide bonds. The minimum atomic E-state index is -0.443. The van der Waals surface area contributed by atoms with Crippen molar-refractivity contribution >= 4 is 11.9 Å². The van der Waals surface area contributed by atoms with Crippen LogP contribution in [0.5, 0.6) is 0 Å². The molecule has 19 heavy (non-hydrogen) atoms. The van der Waals surface area contributed by atoms with Gasteiger partial charge in [0.05, 0.1) is 13.7 Å². The Kier molecular flexibility index (Phi) is 5.51. The van der Waals surface area contributed by atoms with Gasteiger partial charge in [0, 0.05) is 18.2 Å². The van der Waals surface area contributed by atoms with Crippen molar-refractivity contribution in [3.05, 3.63) is 35.4 Å². The van der Waals surface area contributed by atoms with E-state index in [2.05, 4.69) is 4.74 Å². The molecule has 0 heterocycles. The maximum Gasteiger partial charge on any atom is 0.319 e. The largest absolute Gasteiger partial charge is 0.468 e. The molecule has 0 bridgehead atoms. The first-order chi connectivity index (χ1) is 8.93. The molecule has 5 nitrogen and oxygen atoms in total. The van der Waals surface area contributed by atoms with Crippen LogP contribution in [0.4, 0.5) is 0 Å². The number of ether oxygens (including phenoxy) is 1. The van der Waals surface area contributed by atoms with Gasteiger partial charge in [0.15, 0.2) is 0 Å². The van der Waals surface area contributed by atoms with E-state index >= 15 is 0 Å². The van der Waals surface area contributed by atoms with Crippen LogP contribution in [-0.2, 0) is 16.1 Å². The number of methoxy groups -OCH3 is 1. The molecule has 5 heteroatoms. The van der Waals surface area contributed by atoms with E-state index in [9.17, 15) is 9.59 Å². The Morgan fingerprint density at radius 1 is 1.26 bits per heavy atom. The van der Waals surface area contributed by atoms with Crippen LogP contribution in [0.3, 0.4) is 0 Å². The van der Waals surface area contributed by atoms with Crippen LogP contribution in [0.1, 0.15) is 29.8 Å². The summed E-state index contributed by atoms with van der Waals surface area (Å²) in [6.45, 7) is 4.89. The van der Waals surface area contributed by atoms with Crippen molar-refractivity contribution < 1.29 is 14.3 Å². The summed E-state index contributed by atoms with van der Waals surface area (Å²) >= 11 is 0. The van der Waals surface area contributed by atoms with E-state index < -0.39 is 5.91 Å². The second-order valence-electron chi connectivity index (χ2n) is 4.64. The maximum atomic E-state index is 11.3. The second kappa shape index (κ2) is 6.89. The third kappa shape index (κ3) is 4.71. The molecule has 0 aliphatic carbocycles. The summed E-state index contributed by atoms with van der Waals surface area (Å²) in [6.07, 6.45) is 0. The number of esters is 1. The predicted molar refractivity (Wildman–Crippen MR) is 72.5 cm³/mol. The molecule has 0 saturated carbocycles. The Balaban J connectivity index is 2.73. The van der Waals surface area contributed by atoms with E-state index in [0.29, 0.717) is 12.1 Å². The van der Waals surface area contributed by atoms with E-state index in [4.69, 9.17) is 5.73 Å². The van der Waals surface area contributed by atoms with Crippen molar-refractivity contribution in [1.29, 1.82) is 0 Å². The molecule has 0 fully saturated rings. The smallest absolute Gasteiger partial charge is 0.319 e. The Morgan fingerprint density at radius 3 is 2.26 bits per heavy atom. The summed E-state index contributed by atoms with van der Waals surface area (Å²) in [5.41, 5.74) is 6.68. The summed E-state index contributed by atoms with van der Waals surface area (Å²) in [4.78, 5) is 24.3. The minimum Gasteiger partial charge on any atom is -0.468 e. The van der Waals surface area contributed by atoms with Gasteiger partial charge < -0.3 is 10.5 Å². The fourth-order valence-electron chi connectivity index (χ4n) is 1.66. The van der Waals surface area contributed by atoms with E-state index in [1.807, 2.05) is 30.9 Å². The fraction of sp³-hybridized carbons (Fsp3) is 0.429. The van der Waals surface area contributed by atoms with Crippen LogP contribution in [-0.4, -0.2) is 36.5 Å². The molecule has 0 spiro atoms. The lowest BCUT2D eigenvalue weighted by atomic mass is 10.1. The first kappa shape index (κ1) is 15.2. The molecule has 0 atom stereocenters. The molecule has 0 radical (unpaired) electrons. The highest BCUT2D eigenvalue weighted by atomic mass is 16.5. The SMILES string of the molecule is COC(=O)CN(Cc1ccc(C(N)=O)cc1)C(C)C. The number of carbonyl (C=O) groups is 2. The molecule has 0 aliphatic rings. The van der Waals surface area contributed by atoms with E-state index in [1.165, 1.54) is 7.11 Å². The minimum absolute atomic E-state index is 0.218. The Hall–Kier alpha value is -1.88. The average Bonchev–Trinajstić information content (AvgIpc) is 2.38. The molecule has 0 aliphatic heterocycles. The number of amides is 1. The van der Waals surface area contributed by atoms with Gasteiger partial charge in [0.2, 0.25) is 5.91 Å². The van der Waals surface area contributed by atoms with Crippen LogP contribution in [0, 0.1) is 0 Å². The van der Waals surface area contributed by atoms with Gasteiger partial charge in [-0.2, -0.15) is 0 Å². The molecule has 1 aromatic rings. The number of nitrogens with zero attached hydrogens (tertiary/aromatic N) is 1. The number of rotatable bonds is 6. The molecule has 1 aromatic carbocycles. The van der Waals surface area contributed by atoms with Crippen LogP contribution in [0.25, 0.3) is 0 Å². The maximum absolute atomic E-state index is 11.3. The standard InChI is InChI=1S/C14H20N2O3/c1-10(2)16(9-13(17)19-3)8-11-4-6-12(7-5-11)14(15)18/h4-7,10H,8-9H2,1-3H3,(H2,15,18). The Bertz CT molecular complexity index is 441. The van der Waals surface area contributed by atoms with Crippen molar-refractivity contribution in [2.45, 2.75) is 26.4 Å². The number of hydrogen-bond donors (Lipinski definition) is 1. The molecule has 104 valence electrons. The summed E-state index contributed by atoms with van der Waals surface area (Å²) in [5.74, 6) is -0.704. The number of carbonyl (C=O) groups excluding carboxylic acids is 2. The van der Waals surface area contributed by atoms with Crippen molar-refractivity contribution in [3.8, 4) is 0 Å². The van der Waals surface area contributed by atoms with E-state index in [-0.39, 0.29) is 18.6 Å². The van der Waals surface area contributed by atoms with Gasteiger partial charge in [-0.15, -0.1) is 0 Å². The van der Waals surface area contributed by atoms with Crippen molar-refractivity contribution in [2.75, 3.05) is 13.7 Å². The molecule has 2 N–H and O–H groups in total. The number of primary amides is 1. The van der Waals surface area contributed by atoms with Gasteiger partial charge in [-0.1, -0.05) is 12.1 Å². The fourth-order valence-corrected chi connectivity index (χ4v) is 1.66. The molecule has 0 aromatic heterocycles. The van der Waals surface area contributed by atoms with Crippen LogP contribution < -0.4 is 5.73 Å². The van der Waals surface area contributed by atoms with E-state index in [0.717, 1.165) is 5.56 Å². The molecular weight excluding hydrogens is 244 g/mol. The van der Waals surface area contributed by atoms with Gasteiger partial charge in [-0.05, 0) is 31.5 Å². The third-order valence-corrected chi connectivity index (χ3v) is 2.91. The van der Waals surface area contributed by atoms with E-state index in [1.54, 1.807) is 12.1 Å². The number of nitrogens with two attached hydrogens (primary N) is 1. The van der Waals surface area contributed by atoms with Crippen LogP contribution >= 0.6 is 0 Å². The predicted octanol–water partition coefficient (Wildman–Crippen LogP) is 1.17. The summed E-state index contributed by atoms with van der Waals surface area (Å²) in [6, 6.07) is 7.28. The van der Waals surface area contributed by atoms with Gasteiger partial charge in [-0.3, -0.25) is 14.5 Å². The van der Waals surface area contributed by atoms with Crippen molar-refractivity contribution in [3.63, 3.8) is 0 Å². The third-order valence-electron chi connectivity index (χ3n) is 2.91. The van der Waals surface area contributed by atoms with Crippen LogP contribution in [0.2, 0.25) is 0 Å². The zero-order chi connectivity index (χ0) is 14.4. The molecule has 0 unspecified atom stereocenters. The highest BCUT2D eigenvalue weighted by Crippen LogP contribution is 2.10. The average molecular weight is 264 g/mol. The van der Waals surface area contributed by atoms with Gasteiger partial charge in [0.1, 0.15) is 0 Å². The summed E-state index contributed by atoms with van der Waals surface area (Å²) in [7, 11) is 1.38. The summed E-state index contributed by atoms with van der Waals surface area (Å²) < 4.78 is 4.68. The zero-order valence-electron chi connectivity index (χ0n) is 11.6. The highest BCUT2D eigenvalue weighted by Gasteiger charge is 2.14. The highest BCUT2D eigenvalue weighted by molar-refractivity contribution is 5.92. The van der Waals surface area contributed by atoms with Gasteiger partial charge in [0.25, 0.3) is 0 Å². The van der Waals surface area contributed by atoms with Crippen LogP contribution in [0.15, 0.2) is 24.3 Å². The second-order valence-corrected chi connectivity index (χ2v) is 4.64. The first-order valence-corrected chi connectivity index (χ1v) is 6.13. The number of hydrogen-bond acceptors (Lipinski definition) is 4. The molecular formula is C14H20N2O3. The lowest BCUT2D eigenvalue weighted by molar-refractivity contribution is -0.142. The lowest BCUT2D eigenvalue weighted by Crippen LogP contribution is -2.35. The Morgan fingerprint density at radius 2 is 1.84 bits per heavy atom. The number of benzene rings is 1. The summed E-state index contributed by atoms with van der Waals surface area (Å²) in [5, 5.41) is 0. The molecule has 1 rings (SSSR count). The van der Waals surface area contributed by atoms with Crippen molar-refractivity contribution in [1.82, 2.24) is 4.90 Å². The normalized spacial score (nSPS) is 10.8. The lowest BCUT2D eigenvalue weighted by Gasteiger charge is -2.25. The molecule has 0 saturated heterocycles. The first-order valence-electron chi connectivity index (χ1n) is 6.13. The van der Waals surface area contributed by atoms with Gasteiger partial charge >= 0.3 is 5.97 Å². The zero-order valence-corrected chi connectivity index (χ0v) is 11.6. The quantitative estimate of drug-likeness (QED) is 0.783.